The third kappa shape index (κ3) is 8.86. The number of allylic oxidation sites excluding steroid dienone is 1. The number of carbonyl (C=O) groups is 2. The fourth-order valence-corrected chi connectivity index (χ4v) is 3.52. The largest absolute Gasteiger partial charge is 0.511 e. The molecule has 1 heterocycles. The molecule has 0 bridgehead atoms. The molecule has 1 aliphatic rings. The van der Waals surface area contributed by atoms with E-state index in [1.54, 1.807) is 0 Å². The van der Waals surface area contributed by atoms with Crippen LogP contribution >= 0.6 is 0 Å². The second-order valence-electron chi connectivity index (χ2n) is 7.55. The summed E-state index contributed by atoms with van der Waals surface area (Å²) in [5.41, 5.74) is -0.107. The molecule has 0 radical (unpaired) electrons. The van der Waals surface area contributed by atoms with E-state index in [1.165, 1.54) is 51.4 Å². The van der Waals surface area contributed by atoms with Gasteiger partial charge < -0.3 is 9.84 Å². The van der Waals surface area contributed by atoms with Gasteiger partial charge in [0.25, 0.3) is 0 Å². The number of aliphatic hydroxyl groups excluding tert-OH is 1. The zero-order valence-corrected chi connectivity index (χ0v) is 16.9. The number of ether oxygens (including phenoxy) is 1. The first-order valence-electron chi connectivity index (χ1n) is 10.8. The van der Waals surface area contributed by atoms with Gasteiger partial charge in [-0.2, -0.15) is 0 Å². The summed E-state index contributed by atoms with van der Waals surface area (Å²) < 4.78 is 5.26. The van der Waals surface area contributed by atoms with Crippen LogP contribution < -0.4 is 0 Å². The van der Waals surface area contributed by atoms with Crippen LogP contribution in [-0.2, 0) is 14.3 Å². The third-order valence-corrected chi connectivity index (χ3v) is 5.09. The Hall–Kier alpha value is -1.32. The minimum atomic E-state index is -0.639. The molecule has 150 valence electrons. The van der Waals surface area contributed by atoms with Gasteiger partial charge in [-0.25, -0.2) is 4.79 Å². The van der Waals surface area contributed by atoms with Crippen molar-refractivity contribution in [3.05, 3.63) is 11.3 Å². The molecule has 0 aromatic carbocycles. The lowest BCUT2D eigenvalue weighted by atomic mass is 9.96. The smallest absolute Gasteiger partial charge is 0.345 e. The van der Waals surface area contributed by atoms with Crippen LogP contribution in [0.15, 0.2) is 11.3 Å². The topological polar surface area (TPSA) is 63.6 Å². The summed E-state index contributed by atoms with van der Waals surface area (Å²) in [5.74, 6) is -0.980. The standard InChI is InChI=1S/C22H38O4/c1-3-5-6-7-8-9-10-11-12-13-14-16-19(23)21-20(24)17-18(15-4-2)26-22(21)25/h18,23H,3-17H2,1-2H3/b21-19-/t18-/m1/s1. The van der Waals surface area contributed by atoms with E-state index in [0.29, 0.717) is 12.8 Å². The minimum Gasteiger partial charge on any atom is -0.511 e. The molecule has 1 fully saturated rings. The maximum Gasteiger partial charge on any atom is 0.345 e. The third-order valence-electron chi connectivity index (χ3n) is 5.09. The normalized spacial score (nSPS) is 19.5. The second-order valence-corrected chi connectivity index (χ2v) is 7.55. The van der Waals surface area contributed by atoms with E-state index < -0.39 is 5.97 Å². The van der Waals surface area contributed by atoms with Crippen molar-refractivity contribution >= 4 is 11.8 Å². The van der Waals surface area contributed by atoms with E-state index in [4.69, 9.17) is 4.74 Å². The second kappa shape index (κ2) is 13.8. The lowest BCUT2D eigenvalue weighted by molar-refractivity contribution is -0.151. The van der Waals surface area contributed by atoms with E-state index in [1.807, 2.05) is 6.92 Å². The number of ketones is 1. The average molecular weight is 367 g/mol. The molecule has 4 nitrogen and oxygen atoms in total. The Morgan fingerprint density at radius 3 is 1.92 bits per heavy atom. The monoisotopic (exact) mass is 366 g/mol. The summed E-state index contributed by atoms with van der Waals surface area (Å²) in [6, 6.07) is 0. The van der Waals surface area contributed by atoms with Gasteiger partial charge in [-0.3, -0.25) is 4.79 Å². The highest BCUT2D eigenvalue weighted by Gasteiger charge is 2.34. The van der Waals surface area contributed by atoms with Gasteiger partial charge in [-0.05, 0) is 12.8 Å². The number of hydrogen-bond donors (Lipinski definition) is 1. The Labute approximate surface area is 159 Å². The van der Waals surface area contributed by atoms with E-state index in [2.05, 4.69) is 6.92 Å². The first kappa shape index (κ1) is 22.7. The van der Waals surface area contributed by atoms with Gasteiger partial charge in [-0.1, -0.05) is 84.5 Å². The molecular formula is C22H38O4. The molecule has 4 heteroatoms. The fraction of sp³-hybridized carbons (Fsp3) is 0.818. The van der Waals surface area contributed by atoms with E-state index in [-0.39, 0.29) is 29.6 Å². The van der Waals surface area contributed by atoms with Gasteiger partial charge in [0.1, 0.15) is 17.4 Å². The summed E-state index contributed by atoms with van der Waals surface area (Å²) in [4.78, 5) is 24.1. The van der Waals surface area contributed by atoms with Crippen molar-refractivity contribution in [3.63, 3.8) is 0 Å². The van der Waals surface area contributed by atoms with Crippen LogP contribution in [0.5, 0.6) is 0 Å². The first-order chi connectivity index (χ1) is 12.6. The van der Waals surface area contributed by atoms with Crippen LogP contribution in [0, 0.1) is 0 Å². The van der Waals surface area contributed by atoms with Gasteiger partial charge in [-0.15, -0.1) is 0 Å². The van der Waals surface area contributed by atoms with Crippen LogP contribution in [0.25, 0.3) is 0 Å². The predicted molar refractivity (Wildman–Crippen MR) is 105 cm³/mol. The Morgan fingerprint density at radius 2 is 1.42 bits per heavy atom. The molecule has 0 amide bonds. The van der Waals surface area contributed by atoms with Crippen molar-refractivity contribution in [2.45, 2.75) is 116 Å². The van der Waals surface area contributed by atoms with Gasteiger partial charge in [0.2, 0.25) is 0 Å². The summed E-state index contributed by atoms with van der Waals surface area (Å²) in [6.45, 7) is 4.23. The summed E-state index contributed by atoms with van der Waals surface area (Å²) >= 11 is 0. The van der Waals surface area contributed by atoms with Gasteiger partial charge in [0.15, 0.2) is 5.78 Å². The number of Topliss-reactive ketones (excluding diaryl/α,β-unsaturated/α-hetero) is 1. The van der Waals surface area contributed by atoms with E-state index in [0.717, 1.165) is 25.7 Å². The maximum absolute atomic E-state index is 12.1. The van der Waals surface area contributed by atoms with Crippen LogP contribution in [0.1, 0.15) is 110 Å². The Morgan fingerprint density at radius 1 is 0.885 bits per heavy atom. The van der Waals surface area contributed by atoms with Crippen LogP contribution in [0.3, 0.4) is 0 Å². The SMILES string of the molecule is CCCCCCCCCCCCC/C(O)=C1\C(=O)C[C@@H](CCC)OC1=O. The number of aliphatic hydroxyl groups is 1. The number of unbranched alkanes of at least 4 members (excludes halogenated alkanes) is 10. The first-order valence-corrected chi connectivity index (χ1v) is 10.8. The van der Waals surface area contributed by atoms with Crippen molar-refractivity contribution in [2.75, 3.05) is 0 Å². The molecule has 0 saturated carbocycles. The van der Waals surface area contributed by atoms with Crippen LogP contribution in [0.4, 0.5) is 0 Å². The molecule has 1 rings (SSSR count). The van der Waals surface area contributed by atoms with E-state index in [9.17, 15) is 14.7 Å². The number of carbonyl (C=O) groups excluding carboxylic acids is 2. The van der Waals surface area contributed by atoms with Crippen molar-refractivity contribution in [1.82, 2.24) is 0 Å². The molecule has 0 aliphatic carbocycles. The number of cyclic esters (lactones) is 1. The molecule has 26 heavy (non-hydrogen) atoms. The molecule has 0 aromatic rings. The highest BCUT2D eigenvalue weighted by Crippen LogP contribution is 2.24. The van der Waals surface area contributed by atoms with Crippen LogP contribution in [0.2, 0.25) is 0 Å². The summed E-state index contributed by atoms with van der Waals surface area (Å²) in [5, 5.41) is 10.1. The Bertz CT molecular complexity index is 433. The highest BCUT2D eigenvalue weighted by molar-refractivity contribution is 6.19. The molecule has 0 spiro atoms. The highest BCUT2D eigenvalue weighted by atomic mass is 16.5. The quantitative estimate of drug-likeness (QED) is 0.131. The number of hydrogen-bond acceptors (Lipinski definition) is 4. The van der Waals surface area contributed by atoms with Gasteiger partial charge >= 0.3 is 5.97 Å². The fourth-order valence-electron chi connectivity index (χ4n) is 3.52. The maximum atomic E-state index is 12.1. The minimum absolute atomic E-state index is 0.0779. The van der Waals surface area contributed by atoms with Crippen molar-refractivity contribution < 1.29 is 19.4 Å². The van der Waals surface area contributed by atoms with Crippen LogP contribution in [-0.4, -0.2) is 23.0 Å². The van der Waals surface area contributed by atoms with Crippen molar-refractivity contribution in [1.29, 1.82) is 0 Å². The number of esters is 1. The molecule has 1 N–H and O–H groups in total. The Kier molecular flexibility index (Phi) is 12.1. The summed E-state index contributed by atoms with van der Waals surface area (Å²) in [7, 11) is 0. The predicted octanol–water partition coefficient (Wildman–Crippen LogP) is 6.18. The van der Waals surface area contributed by atoms with Crippen molar-refractivity contribution in [3.8, 4) is 0 Å². The molecule has 0 unspecified atom stereocenters. The number of rotatable bonds is 14. The summed E-state index contributed by atoms with van der Waals surface area (Å²) in [6.07, 6.45) is 15.4. The lowest BCUT2D eigenvalue weighted by Crippen LogP contribution is -2.33. The average Bonchev–Trinajstić information content (AvgIpc) is 2.59. The zero-order chi connectivity index (χ0) is 19.2. The van der Waals surface area contributed by atoms with Gasteiger partial charge in [0.05, 0.1) is 0 Å². The molecule has 1 aliphatic heterocycles. The van der Waals surface area contributed by atoms with Crippen molar-refractivity contribution in [2.24, 2.45) is 0 Å². The zero-order valence-electron chi connectivity index (χ0n) is 16.9. The molecule has 1 saturated heterocycles. The molecular weight excluding hydrogens is 328 g/mol. The van der Waals surface area contributed by atoms with Gasteiger partial charge in [0, 0.05) is 12.8 Å². The van der Waals surface area contributed by atoms with E-state index >= 15 is 0 Å². The molecule has 1 atom stereocenters. The Balaban J connectivity index is 2.15. The lowest BCUT2D eigenvalue weighted by Gasteiger charge is -2.23. The molecule has 0 aromatic heterocycles.